The summed E-state index contributed by atoms with van der Waals surface area (Å²) in [6.07, 6.45) is -1.52. The summed E-state index contributed by atoms with van der Waals surface area (Å²) in [5.41, 5.74) is 5.45. The standard InChI is InChI=1S/C27H37N2/c1-17(2)25-28(18(3)4)27(9)23-13-11-10-12-22(23)16-26(27,8)29(25)24-20(6)14-19(5)15-21(24)7/h10-15,17-18H,16H2,1-9H3/q+1/t26-,27+/m1/s1/i16D2. The Morgan fingerprint density at radius 1 is 1.00 bits per heavy atom. The van der Waals surface area contributed by atoms with Crippen LogP contribution in [0.5, 0.6) is 0 Å². The van der Waals surface area contributed by atoms with Gasteiger partial charge in [-0.2, -0.15) is 0 Å². The zero-order chi connectivity index (χ0) is 23.1. The van der Waals surface area contributed by atoms with Crippen molar-refractivity contribution in [2.24, 2.45) is 5.92 Å². The molecular formula is C27H37N2+. The molecule has 1 aliphatic heterocycles. The summed E-state index contributed by atoms with van der Waals surface area (Å²) in [6.45, 7) is 19.9. The van der Waals surface area contributed by atoms with Gasteiger partial charge in [-0.15, -0.1) is 0 Å². The minimum absolute atomic E-state index is 0.236. The fraction of sp³-hybridized carbons (Fsp3) is 0.519. The number of amidine groups is 1. The first-order valence-electron chi connectivity index (χ1n) is 12.0. The molecule has 1 aliphatic carbocycles. The number of hydrogen-bond acceptors (Lipinski definition) is 1. The van der Waals surface area contributed by atoms with E-state index < -0.39 is 17.5 Å². The average molecular weight is 392 g/mol. The first-order chi connectivity index (χ1) is 14.3. The van der Waals surface area contributed by atoms with E-state index >= 15 is 0 Å². The van der Waals surface area contributed by atoms with Gasteiger partial charge in [-0.3, -0.25) is 0 Å². The van der Waals surface area contributed by atoms with Gasteiger partial charge < -0.3 is 0 Å². The summed E-state index contributed by atoms with van der Waals surface area (Å²) in [5.74, 6) is 1.47. The monoisotopic (exact) mass is 391 g/mol. The number of nitrogens with zero attached hydrogens (tertiary/aromatic N) is 2. The molecular weight excluding hydrogens is 352 g/mol. The average Bonchev–Trinajstić information content (AvgIpc) is 2.95. The highest BCUT2D eigenvalue weighted by atomic mass is 15.4. The van der Waals surface area contributed by atoms with E-state index in [2.05, 4.69) is 96.1 Å². The second-order valence-electron chi connectivity index (χ2n) is 9.87. The Morgan fingerprint density at radius 2 is 1.59 bits per heavy atom. The second kappa shape index (κ2) is 6.45. The van der Waals surface area contributed by atoms with Crippen LogP contribution in [0.1, 0.15) is 72.1 Å². The van der Waals surface area contributed by atoms with Gasteiger partial charge in [0.2, 0.25) is 0 Å². The van der Waals surface area contributed by atoms with E-state index in [0.717, 1.165) is 16.8 Å². The molecule has 1 heterocycles. The molecule has 0 radical (unpaired) electrons. The minimum atomic E-state index is -1.52. The van der Waals surface area contributed by atoms with E-state index in [1.807, 2.05) is 12.1 Å². The van der Waals surface area contributed by atoms with Crippen LogP contribution < -0.4 is 4.90 Å². The van der Waals surface area contributed by atoms with Crippen molar-refractivity contribution in [2.75, 3.05) is 4.90 Å². The number of aryl methyl sites for hydroxylation is 3. The van der Waals surface area contributed by atoms with E-state index in [1.54, 1.807) is 0 Å². The molecule has 0 N–H and O–H groups in total. The Morgan fingerprint density at radius 3 is 2.14 bits per heavy atom. The maximum Gasteiger partial charge on any atom is 0.256 e. The molecule has 0 spiro atoms. The van der Waals surface area contributed by atoms with Gasteiger partial charge >= 0.3 is 0 Å². The molecule has 154 valence electrons. The number of fused-ring (bicyclic) bond motifs is 3. The fourth-order valence-electron chi connectivity index (χ4n) is 6.05. The molecule has 2 heteroatoms. The van der Waals surface area contributed by atoms with E-state index in [0.29, 0.717) is 0 Å². The van der Waals surface area contributed by atoms with Gasteiger partial charge in [0.05, 0.1) is 12.0 Å². The van der Waals surface area contributed by atoms with Crippen LogP contribution in [0.4, 0.5) is 5.69 Å². The summed E-state index contributed by atoms with van der Waals surface area (Å²) in [5, 5.41) is 0. The van der Waals surface area contributed by atoms with Crippen LogP contribution in [-0.4, -0.2) is 22.0 Å². The molecule has 2 aliphatic rings. The van der Waals surface area contributed by atoms with Crippen LogP contribution in [-0.2, 0) is 11.9 Å². The van der Waals surface area contributed by atoms with Gasteiger partial charge in [0.25, 0.3) is 5.84 Å². The van der Waals surface area contributed by atoms with Gasteiger partial charge in [0.15, 0.2) is 11.1 Å². The number of anilines is 1. The first-order valence-corrected chi connectivity index (χ1v) is 11.0. The van der Waals surface area contributed by atoms with Crippen molar-refractivity contribution in [1.82, 2.24) is 0 Å². The highest BCUT2D eigenvalue weighted by molar-refractivity contribution is 6.01. The van der Waals surface area contributed by atoms with E-state index in [9.17, 15) is 2.74 Å². The van der Waals surface area contributed by atoms with Gasteiger partial charge in [-0.25, -0.2) is 9.48 Å². The van der Waals surface area contributed by atoms with Crippen molar-refractivity contribution in [3.63, 3.8) is 0 Å². The Labute approximate surface area is 180 Å². The van der Waals surface area contributed by atoms with Crippen molar-refractivity contribution in [2.45, 2.75) is 85.8 Å². The molecule has 2 nitrogen and oxygen atoms in total. The Balaban J connectivity index is 2.20. The number of hydrogen-bond donors (Lipinski definition) is 0. The lowest BCUT2D eigenvalue weighted by molar-refractivity contribution is -0.639. The van der Waals surface area contributed by atoms with Crippen LogP contribution in [0, 0.1) is 26.7 Å². The molecule has 0 fully saturated rings. The van der Waals surface area contributed by atoms with Crippen LogP contribution >= 0.6 is 0 Å². The quantitative estimate of drug-likeness (QED) is 0.570. The summed E-state index contributed by atoms with van der Waals surface area (Å²) >= 11 is 0. The maximum absolute atomic E-state index is 9.53. The summed E-state index contributed by atoms with van der Waals surface area (Å²) in [4.78, 5) is 2.39. The lowest BCUT2D eigenvalue weighted by Crippen LogP contribution is -2.56. The highest BCUT2D eigenvalue weighted by Crippen LogP contribution is 2.56. The molecule has 0 saturated heterocycles. The predicted molar refractivity (Wildman–Crippen MR) is 124 cm³/mol. The van der Waals surface area contributed by atoms with Crippen LogP contribution in [0.15, 0.2) is 36.4 Å². The third kappa shape index (κ3) is 2.50. The summed E-state index contributed by atoms with van der Waals surface area (Å²) in [7, 11) is 0. The Hall–Kier alpha value is -2.09. The molecule has 0 saturated carbocycles. The molecule has 0 unspecified atom stereocenters. The van der Waals surface area contributed by atoms with Gasteiger partial charge in [-0.05, 0) is 65.2 Å². The summed E-state index contributed by atoms with van der Waals surface area (Å²) < 4.78 is 21.6. The molecule has 2 aromatic rings. The molecule has 0 bridgehead atoms. The third-order valence-corrected chi connectivity index (χ3v) is 7.07. The zero-order valence-electron chi connectivity index (χ0n) is 21.5. The van der Waals surface area contributed by atoms with Crippen molar-refractivity contribution in [1.29, 1.82) is 0 Å². The van der Waals surface area contributed by atoms with E-state index in [4.69, 9.17) is 0 Å². The van der Waals surface area contributed by atoms with Crippen molar-refractivity contribution >= 4 is 11.5 Å². The first kappa shape index (κ1) is 17.7. The van der Waals surface area contributed by atoms with Crippen molar-refractivity contribution < 1.29 is 7.32 Å². The van der Waals surface area contributed by atoms with Gasteiger partial charge in [0.1, 0.15) is 5.69 Å². The van der Waals surface area contributed by atoms with Crippen LogP contribution in [0.2, 0.25) is 0 Å². The summed E-state index contributed by atoms with van der Waals surface area (Å²) in [6, 6.07) is 12.9. The van der Waals surface area contributed by atoms with Gasteiger partial charge in [0, 0.05) is 14.7 Å². The number of benzene rings is 2. The normalized spacial score (nSPS) is 28.7. The van der Waals surface area contributed by atoms with Gasteiger partial charge in [-0.1, -0.05) is 55.8 Å². The number of rotatable bonds is 3. The molecule has 29 heavy (non-hydrogen) atoms. The van der Waals surface area contributed by atoms with Crippen LogP contribution in [0.25, 0.3) is 0 Å². The zero-order valence-corrected chi connectivity index (χ0v) is 19.5. The maximum atomic E-state index is 9.53. The molecule has 4 rings (SSSR count). The minimum Gasteiger partial charge on any atom is -0.249 e. The third-order valence-electron chi connectivity index (χ3n) is 7.07. The SMILES string of the molecule is [2H]C1([2H])c2ccccc2[C@]2(C)[N+](C(C)C)=C(C(C)C)N(c3c(C)cc(C)cc3C)[C@]12C. The second-order valence-corrected chi connectivity index (χ2v) is 9.87. The lowest BCUT2D eigenvalue weighted by Gasteiger charge is -2.38. The Kier molecular flexibility index (Phi) is 3.95. The largest absolute Gasteiger partial charge is 0.256 e. The fourth-order valence-corrected chi connectivity index (χ4v) is 6.05. The van der Waals surface area contributed by atoms with Crippen molar-refractivity contribution in [3.05, 3.63) is 64.2 Å². The molecule has 2 atom stereocenters. The topological polar surface area (TPSA) is 6.25 Å². The van der Waals surface area contributed by atoms with E-state index in [-0.39, 0.29) is 12.0 Å². The molecule has 0 amide bonds. The highest BCUT2D eigenvalue weighted by Gasteiger charge is 2.70. The smallest absolute Gasteiger partial charge is 0.249 e. The van der Waals surface area contributed by atoms with Crippen molar-refractivity contribution in [3.8, 4) is 0 Å². The van der Waals surface area contributed by atoms with E-state index in [1.165, 1.54) is 22.5 Å². The lowest BCUT2D eigenvalue weighted by atomic mass is 9.78. The molecule has 0 aromatic heterocycles. The Bertz CT molecular complexity index is 1080. The van der Waals surface area contributed by atoms with Crippen LogP contribution in [0.3, 0.4) is 0 Å². The molecule has 2 aromatic carbocycles. The predicted octanol–water partition coefficient (Wildman–Crippen LogP) is 6.14.